The molecule has 0 aliphatic rings. The topological polar surface area (TPSA) is 47.2 Å². The molecule has 0 radical (unpaired) electrons. The molecule has 0 bridgehead atoms. The van der Waals surface area contributed by atoms with Gasteiger partial charge in [-0.05, 0) is 36.4 Å². The SMILES string of the molecule is O=C(CC(c1ccco1)n1cccc1)Nc1cc(F)ccc1F. The minimum absolute atomic E-state index is 0.0259. The number of benzene rings is 1. The molecule has 1 amide bonds. The van der Waals surface area contributed by atoms with Crippen LogP contribution in [0.3, 0.4) is 0 Å². The van der Waals surface area contributed by atoms with Crippen LogP contribution in [0.5, 0.6) is 0 Å². The zero-order valence-electron chi connectivity index (χ0n) is 12.1. The third-order valence-electron chi connectivity index (χ3n) is 3.44. The first-order chi connectivity index (χ1) is 11.1. The second kappa shape index (κ2) is 6.48. The Morgan fingerprint density at radius 3 is 2.65 bits per heavy atom. The number of rotatable bonds is 5. The molecule has 3 rings (SSSR count). The van der Waals surface area contributed by atoms with Gasteiger partial charge in [-0.15, -0.1) is 0 Å². The van der Waals surface area contributed by atoms with Crippen molar-refractivity contribution in [2.45, 2.75) is 12.5 Å². The molecule has 1 aromatic carbocycles. The van der Waals surface area contributed by atoms with Crippen molar-refractivity contribution in [3.05, 3.63) is 78.5 Å². The first-order valence-electron chi connectivity index (χ1n) is 7.04. The molecule has 118 valence electrons. The van der Waals surface area contributed by atoms with Gasteiger partial charge < -0.3 is 14.3 Å². The molecule has 6 heteroatoms. The molecule has 1 N–H and O–H groups in total. The second-order valence-corrected chi connectivity index (χ2v) is 5.04. The average Bonchev–Trinajstić information content (AvgIpc) is 3.21. The van der Waals surface area contributed by atoms with Crippen LogP contribution in [0.25, 0.3) is 0 Å². The van der Waals surface area contributed by atoms with E-state index in [2.05, 4.69) is 5.32 Å². The van der Waals surface area contributed by atoms with Crippen LogP contribution in [0.2, 0.25) is 0 Å². The smallest absolute Gasteiger partial charge is 0.227 e. The summed E-state index contributed by atoms with van der Waals surface area (Å²) in [4.78, 5) is 12.2. The maximum absolute atomic E-state index is 13.6. The standard InChI is InChI=1S/C17H14F2N2O2/c18-12-5-6-13(19)14(10-12)20-17(22)11-15(16-4-3-9-23-16)21-7-1-2-8-21/h1-10,15H,11H2,(H,20,22). The molecule has 0 aliphatic heterocycles. The summed E-state index contributed by atoms with van der Waals surface area (Å²) in [6.07, 6.45) is 5.17. The molecule has 23 heavy (non-hydrogen) atoms. The molecule has 3 aromatic rings. The number of nitrogens with zero attached hydrogens (tertiary/aromatic N) is 1. The zero-order valence-corrected chi connectivity index (χ0v) is 12.1. The molecule has 1 unspecified atom stereocenters. The highest BCUT2D eigenvalue weighted by Gasteiger charge is 2.20. The van der Waals surface area contributed by atoms with Gasteiger partial charge in [0.05, 0.1) is 24.4 Å². The van der Waals surface area contributed by atoms with Gasteiger partial charge >= 0.3 is 0 Å². The zero-order chi connectivity index (χ0) is 16.2. The molecule has 1 atom stereocenters. The number of anilines is 1. The third kappa shape index (κ3) is 3.48. The summed E-state index contributed by atoms with van der Waals surface area (Å²) in [5.41, 5.74) is -0.180. The number of hydrogen-bond donors (Lipinski definition) is 1. The number of carbonyl (C=O) groups is 1. The molecular formula is C17H14F2N2O2. The molecular weight excluding hydrogens is 302 g/mol. The van der Waals surface area contributed by atoms with Gasteiger partial charge in [-0.1, -0.05) is 0 Å². The van der Waals surface area contributed by atoms with Crippen molar-refractivity contribution in [2.75, 3.05) is 5.32 Å². The number of hydrogen-bond acceptors (Lipinski definition) is 2. The summed E-state index contributed by atoms with van der Waals surface area (Å²) in [7, 11) is 0. The highest BCUT2D eigenvalue weighted by Crippen LogP contribution is 2.24. The number of amides is 1. The van der Waals surface area contributed by atoms with Gasteiger partial charge in [0.2, 0.25) is 5.91 Å². The van der Waals surface area contributed by atoms with Crippen LogP contribution < -0.4 is 5.32 Å². The lowest BCUT2D eigenvalue weighted by molar-refractivity contribution is -0.116. The average molecular weight is 316 g/mol. The van der Waals surface area contributed by atoms with Crippen molar-refractivity contribution in [3.8, 4) is 0 Å². The normalized spacial score (nSPS) is 12.1. The number of furan rings is 1. The highest BCUT2D eigenvalue weighted by atomic mass is 19.1. The molecule has 2 heterocycles. The monoisotopic (exact) mass is 316 g/mol. The summed E-state index contributed by atoms with van der Waals surface area (Å²) in [6, 6.07) is 9.72. The number of aromatic nitrogens is 1. The Kier molecular flexibility index (Phi) is 4.23. The van der Waals surface area contributed by atoms with Crippen LogP contribution >= 0.6 is 0 Å². The van der Waals surface area contributed by atoms with E-state index in [1.807, 2.05) is 29.1 Å². The summed E-state index contributed by atoms with van der Waals surface area (Å²) in [5.74, 6) is -1.13. The molecule has 2 aromatic heterocycles. The van der Waals surface area contributed by atoms with Gasteiger partial charge in [-0.2, -0.15) is 0 Å². The summed E-state index contributed by atoms with van der Waals surface area (Å²) < 4.78 is 34.0. The van der Waals surface area contributed by atoms with E-state index in [1.165, 1.54) is 6.26 Å². The van der Waals surface area contributed by atoms with Crippen molar-refractivity contribution < 1.29 is 18.0 Å². The van der Waals surface area contributed by atoms with Crippen molar-refractivity contribution in [1.29, 1.82) is 0 Å². The fourth-order valence-corrected chi connectivity index (χ4v) is 2.36. The lowest BCUT2D eigenvalue weighted by Gasteiger charge is -2.16. The highest BCUT2D eigenvalue weighted by molar-refractivity contribution is 5.91. The first kappa shape index (κ1) is 15.0. The third-order valence-corrected chi connectivity index (χ3v) is 3.44. The Labute approximate surface area is 131 Å². The summed E-state index contributed by atoms with van der Waals surface area (Å²) in [6.45, 7) is 0. The van der Waals surface area contributed by atoms with Crippen LogP contribution in [-0.4, -0.2) is 10.5 Å². The van der Waals surface area contributed by atoms with E-state index >= 15 is 0 Å². The fourth-order valence-electron chi connectivity index (χ4n) is 2.36. The van der Waals surface area contributed by atoms with E-state index in [0.717, 1.165) is 18.2 Å². The Balaban J connectivity index is 1.78. The molecule has 0 aliphatic carbocycles. The van der Waals surface area contributed by atoms with E-state index < -0.39 is 17.5 Å². The first-order valence-corrected chi connectivity index (χ1v) is 7.04. The van der Waals surface area contributed by atoms with Gasteiger partial charge in [0, 0.05) is 18.5 Å². The van der Waals surface area contributed by atoms with Gasteiger partial charge in [-0.3, -0.25) is 4.79 Å². The maximum Gasteiger partial charge on any atom is 0.227 e. The summed E-state index contributed by atoms with van der Waals surface area (Å²) in [5, 5.41) is 2.40. The molecule has 0 saturated carbocycles. The molecule has 4 nitrogen and oxygen atoms in total. The predicted molar refractivity (Wildman–Crippen MR) is 80.9 cm³/mol. The Hall–Kier alpha value is -2.89. The minimum atomic E-state index is -0.685. The van der Waals surface area contributed by atoms with Crippen molar-refractivity contribution in [3.63, 3.8) is 0 Å². The second-order valence-electron chi connectivity index (χ2n) is 5.04. The summed E-state index contributed by atoms with van der Waals surface area (Å²) >= 11 is 0. The van der Waals surface area contributed by atoms with Crippen LogP contribution in [0.1, 0.15) is 18.2 Å². The van der Waals surface area contributed by atoms with Crippen LogP contribution in [0.4, 0.5) is 14.5 Å². The van der Waals surface area contributed by atoms with Crippen molar-refractivity contribution in [1.82, 2.24) is 4.57 Å². The largest absolute Gasteiger partial charge is 0.467 e. The number of halogens is 2. The molecule has 0 fully saturated rings. The van der Waals surface area contributed by atoms with Crippen molar-refractivity contribution in [2.24, 2.45) is 0 Å². The molecule has 0 spiro atoms. The van der Waals surface area contributed by atoms with Crippen LogP contribution in [0, 0.1) is 11.6 Å². The fraction of sp³-hybridized carbons (Fsp3) is 0.118. The van der Waals surface area contributed by atoms with Gasteiger partial charge in [0.1, 0.15) is 17.4 Å². The Bertz CT molecular complexity index is 749. The lowest BCUT2D eigenvalue weighted by Crippen LogP contribution is -2.20. The number of nitrogens with one attached hydrogen (secondary N) is 1. The Morgan fingerprint density at radius 1 is 1.17 bits per heavy atom. The van der Waals surface area contributed by atoms with Gasteiger partial charge in [0.25, 0.3) is 0 Å². The molecule has 0 saturated heterocycles. The van der Waals surface area contributed by atoms with Gasteiger partial charge in [-0.25, -0.2) is 8.78 Å². The predicted octanol–water partition coefficient (Wildman–Crippen LogP) is 3.98. The van der Waals surface area contributed by atoms with E-state index in [9.17, 15) is 13.6 Å². The Morgan fingerprint density at radius 2 is 1.96 bits per heavy atom. The van der Waals surface area contributed by atoms with Crippen molar-refractivity contribution >= 4 is 11.6 Å². The van der Waals surface area contributed by atoms with E-state index in [1.54, 1.807) is 12.1 Å². The van der Waals surface area contributed by atoms with E-state index in [-0.39, 0.29) is 18.2 Å². The van der Waals surface area contributed by atoms with E-state index in [0.29, 0.717) is 5.76 Å². The minimum Gasteiger partial charge on any atom is -0.467 e. The lowest BCUT2D eigenvalue weighted by atomic mass is 10.1. The van der Waals surface area contributed by atoms with Crippen LogP contribution in [-0.2, 0) is 4.79 Å². The van der Waals surface area contributed by atoms with Crippen LogP contribution in [0.15, 0.2) is 65.5 Å². The quantitative estimate of drug-likeness (QED) is 0.774. The number of carbonyl (C=O) groups excluding carboxylic acids is 1. The maximum atomic E-state index is 13.6. The van der Waals surface area contributed by atoms with Gasteiger partial charge in [0.15, 0.2) is 0 Å². The van der Waals surface area contributed by atoms with E-state index in [4.69, 9.17) is 4.42 Å².